The Balaban J connectivity index is 2.19. The van der Waals surface area contributed by atoms with Crippen molar-refractivity contribution in [1.29, 1.82) is 0 Å². The summed E-state index contributed by atoms with van der Waals surface area (Å²) in [4.78, 5) is 20.4. The second-order valence-corrected chi connectivity index (χ2v) is 5.93. The average Bonchev–Trinajstić information content (AvgIpc) is 3.10. The van der Waals surface area contributed by atoms with Gasteiger partial charge in [-0.25, -0.2) is 9.78 Å². The Kier molecular flexibility index (Phi) is 7.22. The first kappa shape index (κ1) is 20.3. The van der Waals surface area contributed by atoms with Crippen molar-refractivity contribution in [3.8, 4) is 5.75 Å². The Hall–Kier alpha value is -3.03. The van der Waals surface area contributed by atoms with E-state index in [2.05, 4.69) is 28.8 Å². The Morgan fingerprint density at radius 3 is 2.81 bits per heavy atom. The van der Waals surface area contributed by atoms with Crippen molar-refractivity contribution in [2.45, 2.75) is 26.2 Å². The molecule has 0 radical (unpaired) electrons. The molecule has 1 aliphatic carbocycles. The molecule has 0 atom stereocenters. The number of unbranched alkanes of at least 4 members (excludes halogenated alkanes) is 1. The van der Waals surface area contributed by atoms with E-state index in [4.69, 9.17) is 19.9 Å². The summed E-state index contributed by atoms with van der Waals surface area (Å²) in [6, 6.07) is 0. The third-order valence-electron chi connectivity index (χ3n) is 4.11. The van der Waals surface area contributed by atoms with Crippen molar-refractivity contribution >= 4 is 17.7 Å². The number of methoxy groups -OCH3 is 2. The number of hydrogen-bond donors (Lipinski definition) is 2. The van der Waals surface area contributed by atoms with Gasteiger partial charge in [0.2, 0.25) is 5.95 Å². The van der Waals surface area contributed by atoms with Crippen LogP contribution in [0.15, 0.2) is 41.3 Å². The van der Waals surface area contributed by atoms with Gasteiger partial charge in [0.1, 0.15) is 12.4 Å². The summed E-state index contributed by atoms with van der Waals surface area (Å²) in [6.07, 6.45) is 5.98. The van der Waals surface area contributed by atoms with Gasteiger partial charge in [-0.05, 0) is 18.4 Å². The van der Waals surface area contributed by atoms with Crippen LogP contribution in [0.25, 0.3) is 0 Å². The van der Waals surface area contributed by atoms with Gasteiger partial charge in [0.25, 0.3) is 0 Å². The molecule has 1 aliphatic rings. The number of rotatable bonds is 10. The fourth-order valence-electron chi connectivity index (χ4n) is 2.64. The predicted molar refractivity (Wildman–Crippen MR) is 103 cm³/mol. The van der Waals surface area contributed by atoms with E-state index in [9.17, 15) is 4.79 Å². The molecule has 1 heterocycles. The van der Waals surface area contributed by atoms with Crippen LogP contribution < -0.4 is 15.8 Å². The maximum absolute atomic E-state index is 12.2. The lowest BCUT2D eigenvalue weighted by molar-refractivity contribution is -0.135. The molecule has 1 aromatic heterocycles. The monoisotopic (exact) mass is 374 g/mol. The van der Waals surface area contributed by atoms with Gasteiger partial charge >= 0.3 is 5.97 Å². The van der Waals surface area contributed by atoms with Crippen LogP contribution in [-0.4, -0.2) is 43.3 Å². The first-order chi connectivity index (χ1) is 13.0. The molecule has 0 spiro atoms. The molecule has 2 rings (SSSR count). The molecule has 27 heavy (non-hydrogen) atoms. The molecule has 0 saturated carbocycles. The normalized spacial score (nSPS) is 13.2. The number of nitrogens with zero attached hydrogens (tertiary/aromatic N) is 2. The number of hydrogen-bond acceptors (Lipinski definition) is 8. The number of aromatic nitrogens is 2. The van der Waals surface area contributed by atoms with E-state index in [0.29, 0.717) is 34.9 Å². The second kappa shape index (κ2) is 9.61. The third-order valence-corrected chi connectivity index (χ3v) is 4.11. The van der Waals surface area contributed by atoms with E-state index in [-0.39, 0.29) is 12.6 Å². The van der Waals surface area contributed by atoms with Crippen molar-refractivity contribution in [3.63, 3.8) is 0 Å². The summed E-state index contributed by atoms with van der Waals surface area (Å²) in [5.41, 5.74) is 7.49. The summed E-state index contributed by atoms with van der Waals surface area (Å²) >= 11 is 0. The van der Waals surface area contributed by atoms with Gasteiger partial charge in [-0.3, -0.25) is 0 Å². The van der Waals surface area contributed by atoms with Gasteiger partial charge in [-0.1, -0.05) is 26.0 Å². The second-order valence-electron chi connectivity index (χ2n) is 5.93. The molecule has 146 valence electrons. The summed E-state index contributed by atoms with van der Waals surface area (Å²) in [7, 11) is 2.84. The SMILES string of the molecule is C=C(OC)C1=CCC(COc2cnc(N)nc2NCCCC)=C1C(=O)OC. The van der Waals surface area contributed by atoms with Gasteiger partial charge in [0, 0.05) is 12.1 Å². The average molecular weight is 374 g/mol. The molecule has 0 aliphatic heterocycles. The Morgan fingerprint density at radius 1 is 1.37 bits per heavy atom. The first-order valence-electron chi connectivity index (χ1n) is 8.75. The van der Waals surface area contributed by atoms with E-state index >= 15 is 0 Å². The molecular weight excluding hydrogens is 348 g/mol. The molecule has 1 aromatic rings. The van der Waals surface area contributed by atoms with E-state index < -0.39 is 5.97 Å². The number of nitrogen functional groups attached to an aromatic ring is 1. The minimum absolute atomic E-state index is 0.164. The molecule has 0 unspecified atom stereocenters. The highest BCUT2D eigenvalue weighted by Crippen LogP contribution is 2.33. The lowest BCUT2D eigenvalue weighted by atomic mass is 10.1. The number of nitrogens with two attached hydrogens (primary N) is 1. The highest BCUT2D eigenvalue weighted by molar-refractivity contribution is 5.96. The number of nitrogens with one attached hydrogen (secondary N) is 1. The number of allylic oxidation sites excluding steroid dienone is 2. The van der Waals surface area contributed by atoms with Crippen LogP contribution in [0.1, 0.15) is 26.2 Å². The van der Waals surface area contributed by atoms with Crippen LogP contribution in [-0.2, 0) is 14.3 Å². The van der Waals surface area contributed by atoms with E-state index in [1.54, 1.807) is 0 Å². The maximum atomic E-state index is 12.2. The van der Waals surface area contributed by atoms with Crippen LogP contribution in [0.4, 0.5) is 11.8 Å². The van der Waals surface area contributed by atoms with E-state index in [1.165, 1.54) is 20.4 Å². The lowest BCUT2D eigenvalue weighted by Crippen LogP contribution is -2.13. The molecule has 0 amide bonds. The van der Waals surface area contributed by atoms with Gasteiger partial charge in [0.15, 0.2) is 11.6 Å². The summed E-state index contributed by atoms with van der Waals surface area (Å²) in [6.45, 7) is 6.85. The van der Waals surface area contributed by atoms with Gasteiger partial charge in [-0.15, -0.1) is 0 Å². The zero-order chi connectivity index (χ0) is 19.8. The minimum atomic E-state index is -0.453. The van der Waals surface area contributed by atoms with Gasteiger partial charge in [-0.2, -0.15) is 4.98 Å². The minimum Gasteiger partial charge on any atom is -0.497 e. The summed E-state index contributed by atoms with van der Waals surface area (Å²) in [5, 5.41) is 3.20. The molecule has 0 saturated heterocycles. The van der Waals surface area contributed by atoms with Crippen LogP contribution in [0, 0.1) is 0 Å². The number of carbonyl (C=O) groups is 1. The van der Waals surface area contributed by atoms with Gasteiger partial charge < -0.3 is 25.3 Å². The number of anilines is 2. The largest absolute Gasteiger partial charge is 0.497 e. The van der Waals surface area contributed by atoms with Crippen molar-refractivity contribution in [2.24, 2.45) is 0 Å². The van der Waals surface area contributed by atoms with Crippen LogP contribution >= 0.6 is 0 Å². The van der Waals surface area contributed by atoms with Crippen molar-refractivity contribution in [1.82, 2.24) is 9.97 Å². The molecule has 0 bridgehead atoms. The zero-order valence-corrected chi connectivity index (χ0v) is 16.0. The predicted octanol–water partition coefficient (Wildman–Crippen LogP) is 2.61. The van der Waals surface area contributed by atoms with Crippen molar-refractivity contribution < 1.29 is 19.0 Å². The van der Waals surface area contributed by atoms with Crippen molar-refractivity contribution in [3.05, 3.63) is 41.3 Å². The molecule has 0 aromatic carbocycles. The maximum Gasteiger partial charge on any atom is 0.338 e. The number of esters is 1. The third kappa shape index (κ3) is 4.99. The zero-order valence-electron chi connectivity index (χ0n) is 16.0. The fourth-order valence-corrected chi connectivity index (χ4v) is 2.64. The Morgan fingerprint density at radius 2 is 2.15 bits per heavy atom. The summed E-state index contributed by atoms with van der Waals surface area (Å²) in [5.74, 6) is 1.12. The van der Waals surface area contributed by atoms with Crippen LogP contribution in [0.5, 0.6) is 5.75 Å². The Bertz CT molecular complexity index is 771. The van der Waals surface area contributed by atoms with Crippen molar-refractivity contribution in [2.75, 3.05) is 38.4 Å². The lowest BCUT2D eigenvalue weighted by Gasteiger charge is -2.14. The molecule has 8 nitrogen and oxygen atoms in total. The van der Waals surface area contributed by atoms with E-state index in [0.717, 1.165) is 25.0 Å². The standard InChI is InChI=1S/C19H26N4O4/c1-5-6-9-21-17-15(10-22-19(20)23-17)27-11-13-7-8-14(12(2)25-3)16(13)18(24)26-4/h8,10H,2,5-7,9,11H2,1,3-4H3,(H3,20,21,22,23). The quantitative estimate of drug-likeness (QED) is 0.365. The smallest absolute Gasteiger partial charge is 0.338 e. The van der Waals surface area contributed by atoms with Gasteiger partial charge in [0.05, 0.1) is 26.0 Å². The Labute approximate surface area is 159 Å². The molecule has 0 fully saturated rings. The molecule has 8 heteroatoms. The fraction of sp³-hybridized carbons (Fsp3) is 0.421. The molecule has 3 N–H and O–H groups in total. The molecular formula is C19H26N4O4. The van der Waals surface area contributed by atoms with Crippen LogP contribution in [0.2, 0.25) is 0 Å². The number of carbonyl (C=O) groups excluding carboxylic acids is 1. The highest BCUT2D eigenvalue weighted by Gasteiger charge is 2.27. The summed E-state index contributed by atoms with van der Waals surface area (Å²) < 4.78 is 16.0. The number of ether oxygens (including phenoxy) is 3. The van der Waals surface area contributed by atoms with Crippen LogP contribution in [0.3, 0.4) is 0 Å². The highest BCUT2D eigenvalue weighted by atomic mass is 16.5. The topological polar surface area (TPSA) is 109 Å². The van der Waals surface area contributed by atoms with E-state index in [1.807, 2.05) is 6.08 Å². The first-order valence-corrected chi connectivity index (χ1v) is 8.75.